The SMILES string of the molecule is NC(=O)c1ccc(N2CCN(Cc3ccccc3Br)CC2)cc1. The molecule has 5 heteroatoms. The number of hydrogen-bond acceptors (Lipinski definition) is 3. The van der Waals surface area contributed by atoms with Crippen molar-refractivity contribution in [2.45, 2.75) is 6.54 Å². The fourth-order valence-corrected chi connectivity index (χ4v) is 3.28. The molecule has 0 saturated carbocycles. The van der Waals surface area contributed by atoms with E-state index >= 15 is 0 Å². The first-order valence-corrected chi connectivity index (χ1v) is 8.53. The van der Waals surface area contributed by atoms with E-state index in [2.05, 4.69) is 43.9 Å². The maximum atomic E-state index is 11.1. The highest BCUT2D eigenvalue weighted by Gasteiger charge is 2.18. The Bertz CT molecular complexity index is 679. The lowest BCUT2D eigenvalue weighted by molar-refractivity contribution is 0.100. The van der Waals surface area contributed by atoms with E-state index in [1.54, 1.807) is 12.1 Å². The van der Waals surface area contributed by atoms with E-state index in [0.717, 1.165) is 38.4 Å². The third-order valence-electron chi connectivity index (χ3n) is 4.24. The molecular formula is C18H20BrN3O. The van der Waals surface area contributed by atoms with E-state index in [0.29, 0.717) is 5.56 Å². The van der Waals surface area contributed by atoms with E-state index in [9.17, 15) is 4.79 Å². The Labute approximate surface area is 145 Å². The van der Waals surface area contributed by atoms with Crippen LogP contribution in [0, 0.1) is 0 Å². The van der Waals surface area contributed by atoms with Crippen LogP contribution in [-0.2, 0) is 6.54 Å². The number of benzene rings is 2. The molecule has 0 atom stereocenters. The molecule has 4 nitrogen and oxygen atoms in total. The summed E-state index contributed by atoms with van der Waals surface area (Å²) in [5.41, 5.74) is 8.31. The van der Waals surface area contributed by atoms with Crippen molar-refractivity contribution < 1.29 is 4.79 Å². The fraction of sp³-hybridized carbons (Fsp3) is 0.278. The van der Waals surface area contributed by atoms with Crippen molar-refractivity contribution in [2.24, 2.45) is 5.73 Å². The molecule has 0 bridgehead atoms. The van der Waals surface area contributed by atoms with Gasteiger partial charge in [-0.15, -0.1) is 0 Å². The zero-order valence-corrected chi connectivity index (χ0v) is 14.5. The van der Waals surface area contributed by atoms with E-state index in [4.69, 9.17) is 5.73 Å². The highest BCUT2D eigenvalue weighted by molar-refractivity contribution is 9.10. The van der Waals surface area contributed by atoms with Crippen molar-refractivity contribution in [1.82, 2.24) is 4.90 Å². The number of nitrogens with zero attached hydrogens (tertiary/aromatic N) is 2. The molecule has 120 valence electrons. The summed E-state index contributed by atoms with van der Waals surface area (Å²) in [6.07, 6.45) is 0. The summed E-state index contributed by atoms with van der Waals surface area (Å²) in [5.74, 6) is -0.380. The molecule has 3 rings (SSSR count). The number of carbonyl (C=O) groups excluding carboxylic acids is 1. The van der Waals surface area contributed by atoms with Crippen LogP contribution >= 0.6 is 15.9 Å². The quantitative estimate of drug-likeness (QED) is 0.896. The van der Waals surface area contributed by atoms with Gasteiger partial charge >= 0.3 is 0 Å². The van der Waals surface area contributed by atoms with Crippen LogP contribution in [0.2, 0.25) is 0 Å². The van der Waals surface area contributed by atoms with Crippen molar-refractivity contribution in [3.63, 3.8) is 0 Å². The zero-order chi connectivity index (χ0) is 16.2. The van der Waals surface area contributed by atoms with Gasteiger partial charge < -0.3 is 10.6 Å². The second-order valence-corrected chi connectivity index (χ2v) is 6.62. The van der Waals surface area contributed by atoms with Crippen LogP contribution in [0.15, 0.2) is 53.0 Å². The van der Waals surface area contributed by atoms with Gasteiger partial charge in [0.25, 0.3) is 0 Å². The lowest BCUT2D eigenvalue weighted by Crippen LogP contribution is -2.46. The first-order valence-electron chi connectivity index (χ1n) is 7.74. The molecule has 2 aromatic carbocycles. The van der Waals surface area contributed by atoms with E-state index in [1.807, 2.05) is 18.2 Å². The predicted molar refractivity (Wildman–Crippen MR) is 96.6 cm³/mol. The molecule has 2 N–H and O–H groups in total. The molecule has 0 spiro atoms. The zero-order valence-electron chi connectivity index (χ0n) is 12.9. The lowest BCUT2D eigenvalue weighted by Gasteiger charge is -2.36. The molecule has 1 aliphatic rings. The summed E-state index contributed by atoms with van der Waals surface area (Å²) in [5, 5.41) is 0. The van der Waals surface area contributed by atoms with Crippen LogP contribution in [-0.4, -0.2) is 37.0 Å². The Balaban J connectivity index is 1.58. The van der Waals surface area contributed by atoms with E-state index < -0.39 is 0 Å². The number of carbonyl (C=O) groups is 1. The Morgan fingerprint density at radius 3 is 2.26 bits per heavy atom. The van der Waals surface area contributed by atoms with E-state index in [1.165, 1.54) is 10.0 Å². The van der Waals surface area contributed by atoms with Gasteiger partial charge in [0.05, 0.1) is 0 Å². The molecule has 0 radical (unpaired) electrons. The van der Waals surface area contributed by atoms with Crippen molar-refractivity contribution >= 4 is 27.5 Å². The number of nitrogens with two attached hydrogens (primary N) is 1. The van der Waals surface area contributed by atoms with Crippen molar-refractivity contribution in [3.8, 4) is 0 Å². The average molecular weight is 374 g/mol. The second-order valence-electron chi connectivity index (χ2n) is 5.77. The highest BCUT2D eigenvalue weighted by atomic mass is 79.9. The second kappa shape index (κ2) is 7.15. The van der Waals surface area contributed by atoms with Gasteiger partial charge in [-0.05, 0) is 35.9 Å². The molecule has 1 amide bonds. The molecular weight excluding hydrogens is 354 g/mol. The van der Waals surface area contributed by atoms with Gasteiger partial charge in [0.1, 0.15) is 0 Å². The van der Waals surface area contributed by atoms with Crippen LogP contribution in [0.5, 0.6) is 0 Å². The molecule has 1 heterocycles. The number of primary amides is 1. The standard InChI is InChI=1S/C18H20BrN3O/c19-17-4-2-1-3-15(17)13-21-9-11-22(12-10-21)16-7-5-14(6-8-16)18(20)23/h1-8H,9-13H2,(H2,20,23). The Morgan fingerprint density at radius 1 is 1.00 bits per heavy atom. The molecule has 0 aliphatic carbocycles. The summed E-state index contributed by atoms with van der Waals surface area (Å²) < 4.78 is 1.17. The van der Waals surface area contributed by atoms with Crippen LogP contribution in [0.3, 0.4) is 0 Å². The third-order valence-corrected chi connectivity index (χ3v) is 5.01. The number of hydrogen-bond donors (Lipinski definition) is 1. The van der Waals surface area contributed by atoms with Crippen molar-refractivity contribution in [3.05, 3.63) is 64.1 Å². The summed E-state index contributed by atoms with van der Waals surface area (Å²) in [6, 6.07) is 15.9. The minimum atomic E-state index is -0.380. The Kier molecular flexibility index (Phi) is 4.98. The Hall–Kier alpha value is -1.85. The number of rotatable bonds is 4. The van der Waals surface area contributed by atoms with Gasteiger partial charge in [-0.1, -0.05) is 34.1 Å². The van der Waals surface area contributed by atoms with Crippen LogP contribution < -0.4 is 10.6 Å². The largest absolute Gasteiger partial charge is 0.369 e. The highest BCUT2D eigenvalue weighted by Crippen LogP contribution is 2.21. The van der Waals surface area contributed by atoms with Crippen LogP contribution in [0.1, 0.15) is 15.9 Å². The van der Waals surface area contributed by atoms with Crippen molar-refractivity contribution in [2.75, 3.05) is 31.1 Å². The molecule has 0 unspecified atom stereocenters. The topological polar surface area (TPSA) is 49.6 Å². The van der Waals surface area contributed by atoms with Gasteiger partial charge in [-0.2, -0.15) is 0 Å². The van der Waals surface area contributed by atoms with Gasteiger partial charge in [0, 0.05) is 48.4 Å². The number of piperazine rings is 1. The molecule has 0 aromatic heterocycles. The number of halogens is 1. The molecule has 23 heavy (non-hydrogen) atoms. The minimum Gasteiger partial charge on any atom is -0.369 e. The minimum absolute atomic E-state index is 0.380. The molecule has 1 saturated heterocycles. The van der Waals surface area contributed by atoms with E-state index in [-0.39, 0.29) is 5.91 Å². The first-order chi connectivity index (χ1) is 11.1. The smallest absolute Gasteiger partial charge is 0.248 e. The third kappa shape index (κ3) is 3.92. The summed E-state index contributed by atoms with van der Waals surface area (Å²) in [4.78, 5) is 15.9. The molecule has 1 fully saturated rings. The summed E-state index contributed by atoms with van der Waals surface area (Å²) in [7, 11) is 0. The lowest BCUT2D eigenvalue weighted by atomic mass is 10.1. The molecule has 1 aliphatic heterocycles. The first kappa shape index (κ1) is 16.0. The van der Waals surface area contributed by atoms with Crippen LogP contribution in [0.25, 0.3) is 0 Å². The van der Waals surface area contributed by atoms with Gasteiger partial charge in [-0.25, -0.2) is 0 Å². The maximum Gasteiger partial charge on any atom is 0.248 e. The molecule has 2 aromatic rings. The number of anilines is 1. The fourth-order valence-electron chi connectivity index (χ4n) is 2.87. The summed E-state index contributed by atoms with van der Waals surface area (Å²) in [6.45, 7) is 4.99. The van der Waals surface area contributed by atoms with Gasteiger partial charge in [0.15, 0.2) is 0 Å². The van der Waals surface area contributed by atoms with Crippen molar-refractivity contribution in [1.29, 1.82) is 0 Å². The number of amides is 1. The Morgan fingerprint density at radius 2 is 1.65 bits per heavy atom. The predicted octanol–water partition coefficient (Wildman–Crippen LogP) is 2.87. The van der Waals surface area contributed by atoms with Crippen LogP contribution in [0.4, 0.5) is 5.69 Å². The monoisotopic (exact) mass is 373 g/mol. The average Bonchev–Trinajstić information content (AvgIpc) is 2.58. The summed E-state index contributed by atoms with van der Waals surface area (Å²) >= 11 is 3.62. The van der Waals surface area contributed by atoms with Gasteiger partial charge in [0.2, 0.25) is 5.91 Å². The normalized spacial score (nSPS) is 15.6. The maximum absolute atomic E-state index is 11.1. The van der Waals surface area contributed by atoms with Gasteiger partial charge in [-0.3, -0.25) is 9.69 Å².